The third-order valence-electron chi connectivity index (χ3n) is 1.99. The third-order valence-corrected chi connectivity index (χ3v) is 2.56. The van der Waals surface area contributed by atoms with Gasteiger partial charge >= 0.3 is 0 Å². The Morgan fingerprint density at radius 2 is 2.17 bits per heavy atom. The molecule has 0 aliphatic rings. The van der Waals surface area contributed by atoms with Gasteiger partial charge in [-0.1, -0.05) is 23.2 Å². The van der Waals surface area contributed by atoms with Crippen LogP contribution in [0.4, 0.5) is 5.69 Å². The van der Waals surface area contributed by atoms with E-state index in [0.29, 0.717) is 15.7 Å². The summed E-state index contributed by atoms with van der Waals surface area (Å²) in [4.78, 5) is 11.7. The minimum Gasteiger partial charge on any atom is -0.391 e. The van der Waals surface area contributed by atoms with Crippen LogP contribution in [0.5, 0.6) is 0 Å². The monoisotopic (exact) mass is 285 g/mol. The van der Waals surface area contributed by atoms with Gasteiger partial charge in [0.2, 0.25) is 0 Å². The summed E-state index contributed by atoms with van der Waals surface area (Å²) < 4.78 is 0. The van der Waals surface area contributed by atoms with Crippen molar-refractivity contribution in [3.05, 3.63) is 40.5 Å². The van der Waals surface area contributed by atoms with Gasteiger partial charge in [0.05, 0.1) is 10.7 Å². The van der Waals surface area contributed by atoms with Gasteiger partial charge in [0.25, 0.3) is 5.91 Å². The third kappa shape index (κ3) is 4.39. The zero-order valence-electron chi connectivity index (χ0n) is 9.76. The van der Waals surface area contributed by atoms with Gasteiger partial charge in [-0.05, 0) is 37.4 Å². The Hall–Kier alpha value is -1.52. The molecule has 0 aliphatic carbocycles. The molecular weight excluding hydrogens is 273 g/mol. The summed E-state index contributed by atoms with van der Waals surface area (Å²) >= 11 is 11.7. The van der Waals surface area contributed by atoms with Gasteiger partial charge in [-0.2, -0.15) is 0 Å². The van der Waals surface area contributed by atoms with Crippen molar-refractivity contribution in [1.82, 2.24) is 5.32 Å². The molecule has 0 spiro atoms. The summed E-state index contributed by atoms with van der Waals surface area (Å²) in [6.45, 7) is 2.64. The van der Waals surface area contributed by atoms with Crippen LogP contribution in [-0.2, 0) is 4.79 Å². The maximum Gasteiger partial charge on any atom is 0.273 e. The van der Waals surface area contributed by atoms with Gasteiger partial charge < -0.3 is 10.6 Å². The molecule has 0 unspecified atom stereocenters. The second kappa shape index (κ2) is 7.03. The van der Waals surface area contributed by atoms with Gasteiger partial charge in [-0.3, -0.25) is 10.2 Å². The molecule has 1 aromatic carbocycles. The Kier molecular flexibility index (Phi) is 5.68. The average Bonchev–Trinajstić information content (AvgIpc) is 2.34. The van der Waals surface area contributed by atoms with E-state index in [-0.39, 0.29) is 5.71 Å². The lowest BCUT2D eigenvalue weighted by molar-refractivity contribution is -0.110. The number of hydrogen-bond acceptors (Lipinski definition) is 3. The summed E-state index contributed by atoms with van der Waals surface area (Å²) in [5.41, 5.74) is 0.211. The highest BCUT2D eigenvalue weighted by Gasteiger charge is 2.09. The molecule has 0 aliphatic heterocycles. The predicted molar refractivity (Wildman–Crippen MR) is 75.6 cm³/mol. The highest BCUT2D eigenvalue weighted by Crippen LogP contribution is 2.25. The molecule has 0 heterocycles. The molecule has 0 aromatic heterocycles. The fraction of sp³-hybridized carbons (Fsp3) is 0.167. The number of nitrogens with one attached hydrogen (secondary N) is 3. The van der Waals surface area contributed by atoms with Gasteiger partial charge in [0.1, 0.15) is 5.71 Å². The van der Waals surface area contributed by atoms with E-state index in [4.69, 9.17) is 28.6 Å². The number of anilines is 1. The molecule has 4 nitrogen and oxygen atoms in total. The molecule has 1 aromatic rings. The van der Waals surface area contributed by atoms with E-state index in [1.807, 2.05) is 6.92 Å². The summed E-state index contributed by atoms with van der Waals surface area (Å²) in [7, 11) is 0. The predicted octanol–water partition coefficient (Wildman–Crippen LogP) is 3.07. The van der Waals surface area contributed by atoms with Crippen molar-refractivity contribution in [2.24, 2.45) is 0 Å². The first-order valence-corrected chi connectivity index (χ1v) is 6.05. The molecule has 3 N–H and O–H groups in total. The van der Waals surface area contributed by atoms with Crippen LogP contribution in [-0.4, -0.2) is 18.2 Å². The van der Waals surface area contributed by atoms with Gasteiger partial charge in [-0.25, -0.2) is 0 Å². The van der Waals surface area contributed by atoms with E-state index < -0.39 is 5.91 Å². The van der Waals surface area contributed by atoms with Crippen molar-refractivity contribution < 1.29 is 4.79 Å². The molecule has 0 atom stereocenters. The molecule has 96 valence electrons. The minimum absolute atomic E-state index is 0.174. The highest BCUT2D eigenvalue weighted by molar-refractivity contribution is 6.47. The van der Waals surface area contributed by atoms with Crippen LogP contribution in [0.2, 0.25) is 10.0 Å². The van der Waals surface area contributed by atoms with Crippen LogP contribution in [0.1, 0.15) is 6.92 Å². The number of halogens is 2. The van der Waals surface area contributed by atoms with Crippen molar-refractivity contribution in [3.63, 3.8) is 0 Å². The van der Waals surface area contributed by atoms with E-state index in [1.54, 1.807) is 18.3 Å². The van der Waals surface area contributed by atoms with E-state index in [1.165, 1.54) is 12.1 Å². The summed E-state index contributed by atoms with van der Waals surface area (Å²) in [6, 6.07) is 4.73. The van der Waals surface area contributed by atoms with Gasteiger partial charge in [0.15, 0.2) is 0 Å². The average molecular weight is 286 g/mol. The number of rotatable bonds is 5. The van der Waals surface area contributed by atoms with E-state index in [2.05, 4.69) is 10.6 Å². The van der Waals surface area contributed by atoms with Crippen molar-refractivity contribution >= 4 is 40.5 Å². The smallest absolute Gasteiger partial charge is 0.273 e. The maximum absolute atomic E-state index is 11.7. The SMILES string of the molecule is CCN/C=C\C(=N)C(=O)Nc1cc(Cl)ccc1Cl. The number of amides is 1. The Morgan fingerprint density at radius 3 is 2.83 bits per heavy atom. The Labute approximate surface area is 115 Å². The fourth-order valence-corrected chi connectivity index (χ4v) is 1.46. The second-order valence-electron chi connectivity index (χ2n) is 3.38. The van der Waals surface area contributed by atoms with Crippen molar-refractivity contribution in [2.75, 3.05) is 11.9 Å². The van der Waals surface area contributed by atoms with Crippen LogP contribution in [0.15, 0.2) is 30.5 Å². The first-order valence-electron chi connectivity index (χ1n) is 5.29. The Bertz CT molecular complexity index is 486. The molecule has 0 saturated heterocycles. The van der Waals surface area contributed by atoms with Crippen LogP contribution >= 0.6 is 23.2 Å². The molecule has 6 heteroatoms. The lowest BCUT2D eigenvalue weighted by atomic mass is 10.3. The zero-order chi connectivity index (χ0) is 13.5. The van der Waals surface area contributed by atoms with Gasteiger partial charge in [-0.15, -0.1) is 0 Å². The molecular formula is C12H13Cl2N3O. The van der Waals surface area contributed by atoms with E-state index >= 15 is 0 Å². The minimum atomic E-state index is -0.548. The molecule has 1 rings (SSSR count). The molecule has 0 bridgehead atoms. The molecule has 0 saturated carbocycles. The van der Waals surface area contributed by atoms with Crippen molar-refractivity contribution in [1.29, 1.82) is 5.41 Å². The Balaban J connectivity index is 2.69. The Morgan fingerprint density at radius 1 is 1.44 bits per heavy atom. The van der Waals surface area contributed by atoms with Crippen LogP contribution in [0.3, 0.4) is 0 Å². The summed E-state index contributed by atoms with van der Waals surface area (Å²) in [5, 5.41) is 13.8. The highest BCUT2D eigenvalue weighted by atomic mass is 35.5. The second-order valence-corrected chi connectivity index (χ2v) is 4.23. The quantitative estimate of drug-likeness (QED) is 0.728. The lowest BCUT2D eigenvalue weighted by Crippen LogP contribution is -2.21. The lowest BCUT2D eigenvalue weighted by Gasteiger charge is -2.06. The number of carbonyl (C=O) groups excluding carboxylic acids is 1. The molecule has 1 amide bonds. The maximum atomic E-state index is 11.7. The first-order chi connectivity index (χ1) is 8.54. The van der Waals surface area contributed by atoms with Crippen molar-refractivity contribution in [3.8, 4) is 0 Å². The fourth-order valence-electron chi connectivity index (χ4n) is 1.12. The summed E-state index contributed by atoms with van der Waals surface area (Å²) in [5.74, 6) is -0.548. The van der Waals surface area contributed by atoms with E-state index in [9.17, 15) is 4.79 Å². The van der Waals surface area contributed by atoms with Crippen molar-refractivity contribution in [2.45, 2.75) is 6.92 Å². The normalized spacial score (nSPS) is 10.4. The molecule has 0 radical (unpaired) electrons. The topological polar surface area (TPSA) is 65.0 Å². The van der Waals surface area contributed by atoms with Crippen LogP contribution < -0.4 is 10.6 Å². The van der Waals surface area contributed by atoms with Crippen LogP contribution in [0.25, 0.3) is 0 Å². The largest absolute Gasteiger partial charge is 0.391 e. The number of carbonyl (C=O) groups is 1. The van der Waals surface area contributed by atoms with Gasteiger partial charge in [0, 0.05) is 11.6 Å². The van der Waals surface area contributed by atoms with E-state index in [0.717, 1.165) is 6.54 Å². The summed E-state index contributed by atoms with van der Waals surface area (Å²) in [6.07, 6.45) is 2.92. The number of hydrogen-bond donors (Lipinski definition) is 3. The zero-order valence-corrected chi connectivity index (χ0v) is 11.3. The first kappa shape index (κ1) is 14.5. The molecule has 18 heavy (non-hydrogen) atoms. The number of benzene rings is 1. The van der Waals surface area contributed by atoms with Crippen LogP contribution in [0, 0.1) is 5.41 Å². The molecule has 0 fully saturated rings. The standard InChI is InChI=1S/C12H13Cl2N3O/c1-2-16-6-5-10(15)12(18)17-11-7-8(13)3-4-9(11)14/h3-7,15-16H,2H2,1H3,(H,17,18)/b6-5-,15-10?.